The summed E-state index contributed by atoms with van der Waals surface area (Å²) in [5.41, 5.74) is 0.811. The second kappa shape index (κ2) is 8.19. The van der Waals surface area contributed by atoms with Gasteiger partial charge in [-0.3, -0.25) is 9.59 Å². The summed E-state index contributed by atoms with van der Waals surface area (Å²) in [5, 5.41) is 0.299. The van der Waals surface area contributed by atoms with Gasteiger partial charge in [0, 0.05) is 6.07 Å². The van der Waals surface area contributed by atoms with E-state index >= 15 is 0 Å². The lowest BCUT2D eigenvalue weighted by Gasteiger charge is -2.01. The fourth-order valence-electron chi connectivity index (χ4n) is 1.86. The first-order valence-electron chi connectivity index (χ1n) is 7.25. The molecule has 0 amide bonds. The van der Waals surface area contributed by atoms with Crippen molar-refractivity contribution in [3.05, 3.63) is 57.7 Å². The van der Waals surface area contributed by atoms with E-state index in [2.05, 4.69) is 11.3 Å². The van der Waals surface area contributed by atoms with Gasteiger partial charge in [-0.25, -0.2) is 9.18 Å². The number of carbonyl (C=O) groups is 2. The Labute approximate surface area is 138 Å². The van der Waals surface area contributed by atoms with Crippen LogP contribution in [0.4, 0.5) is 4.39 Å². The first-order valence-corrected chi connectivity index (χ1v) is 7.25. The number of hydrogen-bond acceptors (Lipinski definition) is 5. The second-order valence-corrected chi connectivity index (χ2v) is 5.08. The molecule has 0 aliphatic heterocycles. The van der Waals surface area contributed by atoms with Crippen LogP contribution in [0.25, 0.3) is 11.0 Å². The van der Waals surface area contributed by atoms with Crippen molar-refractivity contribution >= 4 is 22.7 Å². The summed E-state index contributed by atoms with van der Waals surface area (Å²) >= 11 is 0. The minimum atomic E-state index is -0.630. The van der Waals surface area contributed by atoms with E-state index in [9.17, 15) is 18.8 Å². The number of benzene rings is 1. The molecule has 1 heterocycles. The summed E-state index contributed by atoms with van der Waals surface area (Å²) in [4.78, 5) is 32.6. The largest absolute Gasteiger partial charge is 0.462 e. The minimum Gasteiger partial charge on any atom is -0.462 e. The van der Waals surface area contributed by atoms with Gasteiger partial charge in [0.05, 0.1) is 17.6 Å². The van der Waals surface area contributed by atoms with Crippen molar-refractivity contribution in [1.82, 2.24) is 0 Å². The zero-order valence-corrected chi connectivity index (χ0v) is 14.1. The number of carbonyl (C=O) groups excluding carboxylic acids is 2. The summed E-state index contributed by atoms with van der Waals surface area (Å²) in [6.07, 6.45) is 0. The monoisotopic (exact) mass is 334 g/mol. The molecule has 6 heteroatoms. The van der Waals surface area contributed by atoms with Gasteiger partial charge in [-0.15, -0.1) is 0 Å². The number of halogens is 1. The maximum atomic E-state index is 13.0. The molecule has 0 saturated carbocycles. The molecule has 0 atom stereocenters. The van der Waals surface area contributed by atoms with Crippen molar-refractivity contribution in [2.45, 2.75) is 27.7 Å². The first kappa shape index (κ1) is 19.3. The molecule has 2 rings (SSSR count). The van der Waals surface area contributed by atoms with Crippen LogP contribution in [0.1, 0.15) is 25.2 Å². The van der Waals surface area contributed by atoms with Gasteiger partial charge >= 0.3 is 5.97 Å². The van der Waals surface area contributed by atoms with Crippen molar-refractivity contribution in [1.29, 1.82) is 0 Å². The average molecular weight is 334 g/mol. The number of ketones is 1. The molecule has 5 nitrogen and oxygen atoms in total. The van der Waals surface area contributed by atoms with Crippen molar-refractivity contribution in [2.24, 2.45) is 0 Å². The Kier molecular flexibility index (Phi) is 6.58. The topological polar surface area (TPSA) is 73.6 Å². The van der Waals surface area contributed by atoms with Crippen LogP contribution in [-0.4, -0.2) is 18.4 Å². The SMILES string of the molecule is C=C(C(C)=O)C(=O)OCC.Cc1cc(=O)c2cc(F)cc(C)c2o1. The smallest absolute Gasteiger partial charge is 0.341 e. The van der Waals surface area contributed by atoms with Gasteiger partial charge in [-0.05, 0) is 45.4 Å². The molecule has 1 aromatic carbocycles. The lowest BCUT2D eigenvalue weighted by molar-refractivity contribution is -0.139. The third-order valence-corrected chi connectivity index (χ3v) is 3.05. The standard InChI is InChI=1S/C11H9FO2.C7H10O3/c1-6-3-8(12)5-9-10(13)4-7(2)14-11(6)9;1-4-10-7(9)5(2)6(3)8/h3-5H,1-2H3;2,4H2,1,3H3. The highest BCUT2D eigenvalue weighted by molar-refractivity contribution is 6.15. The molecule has 0 aliphatic carbocycles. The van der Waals surface area contributed by atoms with Gasteiger partial charge in [0.25, 0.3) is 0 Å². The lowest BCUT2D eigenvalue weighted by Crippen LogP contribution is -2.11. The molecule has 24 heavy (non-hydrogen) atoms. The summed E-state index contributed by atoms with van der Waals surface area (Å²) in [7, 11) is 0. The quantitative estimate of drug-likeness (QED) is 0.373. The van der Waals surface area contributed by atoms with Gasteiger partial charge in [-0.1, -0.05) is 6.58 Å². The number of aryl methyl sites for hydroxylation is 2. The Bertz CT molecular complexity index is 848. The van der Waals surface area contributed by atoms with Crippen LogP contribution in [-0.2, 0) is 14.3 Å². The molecule has 0 N–H and O–H groups in total. The van der Waals surface area contributed by atoms with Gasteiger partial charge in [0.2, 0.25) is 0 Å². The fourth-order valence-corrected chi connectivity index (χ4v) is 1.86. The summed E-state index contributed by atoms with van der Waals surface area (Å²) in [6.45, 7) is 9.88. The van der Waals surface area contributed by atoms with Crippen LogP contribution in [0.2, 0.25) is 0 Å². The highest BCUT2D eigenvalue weighted by Crippen LogP contribution is 2.18. The van der Waals surface area contributed by atoms with Gasteiger partial charge in [0.1, 0.15) is 17.2 Å². The lowest BCUT2D eigenvalue weighted by atomic mass is 10.1. The van der Waals surface area contributed by atoms with Crippen LogP contribution >= 0.6 is 0 Å². The van der Waals surface area contributed by atoms with E-state index in [0.717, 1.165) is 0 Å². The Morgan fingerprint density at radius 2 is 1.88 bits per heavy atom. The Hall–Kier alpha value is -2.76. The zero-order valence-electron chi connectivity index (χ0n) is 14.1. The van der Waals surface area contributed by atoms with Gasteiger partial charge < -0.3 is 9.15 Å². The molecule has 0 spiro atoms. The van der Waals surface area contributed by atoms with E-state index in [1.807, 2.05) is 0 Å². The van der Waals surface area contributed by atoms with E-state index in [1.54, 1.807) is 20.8 Å². The summed E-state index contributed by atoms with van der Waals surface area (Å²) < 4.78 is 22.9. The van der Waals surface area contributed by atoms with E-state index in [1.165, 1.54) is 25.1 Å². The Morgan fingerprint density at radius 1 is 1.25 bits per heavy atom. The molecule has 0 radical (unpaired) electrons. The Balaban J connectivity index is 0.000000257. The van der Waals surface area contributed by atoms with Crippen LogP contribution in [0.15, 0.2) is 39.6 Å². The second-order valence-electron chi connectivity index (χ2n) is 5.08. The van der Waals surface area contributed by atoms with Gasteiger partial charge in [-0.2, -0.15) is 0 Å². The number of Topliss-reactive ketones (excluding diaryl/α,β-unsaturated/α-hetero) is 1. The zero-order chi connectivity index (χ0) is 18.4. The number of rotatable bonds is 3. The Morgan fingerprint density at radius 3 is 2.42 bits per heavy atom. The third-order valence-electron chi connectivity index (χ3n) is 3.05. The molecule has 0 aliphatic rings. The number of esters is 1. The fraction of sp³-hybridized carbons (Fsp3) is 0.278. The molecule has 2 aromatic rings. The van der Waals surface area contributed by atoms with Crippen LogP contribution < -0.4 is 5.43 Å². The normalized spacial score (nSPS) is 9.88. The van der Waals surface area contributed by atoms with E-state index in [-0.39, 0.29) is 23.4 Å². The van der Waals surface area contributed by atoms with E-state index in [0.29, 0.717) is 22.3 Å². The average Bonchev–Trinajstić information content (AvgIpc) is 2.48. The molecule has 0 fully saturated rings. The van der Waals surface area contributed by atoms with Crippen LogP contribution in [0, 0.1) is 19.7 Å². The molecular weight excluding hydrogens is 315 g/mol. The predicted molar refractivity (Wildman–Crippen MR) is 88.4 cm³/mol. The summed E-state index contributed by atoms with van der Waals surface area (Å²) in [5.74, 6) is -0.850. The highest BCUT2D eigenvalue weighted by Gasteiger charge is 2.11. The number of fused-ring (bicyclic) bond motifs is 1. The van der Waals surface area contributed by atoms with Crippen LogP contribution in [0.5, 0.6) is 0 Å². The van der Waals surface area contributed by atoms with E-state index < -0.39 is 11.8 Å². The maximum absolute atomic E-state index is 13.0. The predicted octanol–water partition coefficient (Wildman–Crippen LogP) is 3.24. The van der Waals surface area contributed by atoms with Crippen molar-refractivity contribution in [3.63, 3.8) is 0 Å². The molecule has 1 aromatic heterocycles. The summed E-state index contributed by atoms with van der Waals surface area (Å²) in [6, 6.07) is 3.92. The number of hydrogen-bond donors (Lipinski definition) is 0. The molecule has 0 bridgehead atoms. The van der Waals surface area contributed by atoms with Crippen LogP contribution in [0.3, 0.4) is 0 Å². The molecular formula is C18H19FO5. The van der Waals surface area contributed by atoms with Crippen molar-refractivity contribution in [2.75, 3.05) is 6.61 Å². The molecule has 128 valence electrons. The highest BCUT2D eigenvalue weighted by atomic mass is 19.1. The maximum Gasteiger partial charge on any atom is 0.341 e. The molecule has 0 saturated heterocycles. The van der Waals surface area contributed by atoms with Gasteiger partial charge in [0.15, 0.2) is 11.2 Å². The van der Waals surface area contributed by atoms with Crippen molar-refractivity contribution in [3.8, 4) is 0 Å². The number of ether oxygens (including phenoxy) is 1. The van der Waals surface area contributed by atoms with E-state index in [4.69, 9.17) is 4.42 Å². The van der Waals surface area contributed by atoms with Crippen molar-refractivity contribution < 1.29 is 23.1 Å². The minimum absolute atomic E-state index is 0.0955. The molecule has 0 unspecified atom stereocenters. The third kappa shape index (κ3) is 4.87. The first-order chi connectivity index (χ1) is 11.2.